The molecule has 0 bridgehead atoms. The lowest BCUT2D eigenvalue weighted by Crippen LogP contribution is -2.49. The van der Waals surface area contributed by atoms with Gasteiger partial charge in [-0.25, -0.2) is 9.97 Å². The van der Waals surface area contributed by atoms with E-state index in [1.165, 1.54) is 0 Å². The molecule has 0 N–H and O–H groups in total. The van der Waals surface area contributed by atoms with E-state index in [9.17, 15) is 4.79 Å². The topological polar surface area (TPSA) is 58.6 Å². The van der Waals surface area contributed by atoms with Crippen molar-refractivity contribution in [3.8, 4) is 5.75 Å². The molecular formula is C22H30N4O2. The first-order valence-corrected chi connectivity index (χ1v) is 10.1. The molecule has 1 aliphatic heterocycles. The molecular weight excluding hydrogens is 352 g/mol. The second kappa shape index (κ2) is 9.04. The smallest absolute Gasteiger partial charge is 0.254 e. The van der Waals surface area contributed by atoms with Gasteiger partial charge in [-0.15, -0.1) is 0 Å². The van der Waals surface area contributed by atoms with Gasteiger partial charge in [0.15, 0.2) is 0 Å². The number of rotatable bonds is 6. The Labute approximate surface area is 167 Å². The quantitative estimate of drug-likeness (QED) is 0.763. The van der Waals surface area contributed by atoms with E-state index in [1.54, 1.807) is 0 Å². The van der Waals surface area contributed by atoms with Gasteiger partial charge < -0.3 is 14.5 Å². The zero-order valence-electron chi connectivity index (χ0n) is 17.3. The summed E-state index contributed by atoms with van der Waals surface area (Å²) >= 11 is 0. The molecule has 0 unspecified atom stereocenters. The second-order valence-corrected chi connectivity index (χ2v) is 7.54. The summed E-state index contributed by atoms with van der Waals surface area (Å²) in [4.78, 5) is 26.3. The maximum Gasteiger partial charge on any atom is 0.254 e. The first-order chi connectivity index (χ1) is 13.5. The van der Waals surface area contributed by atoms with Crippen LogP contribution in [0.5, 0.6) is 5.75 Å². The van der Waals surface area contributed by atoms with Crippen molar-refractivity contribution in [1.82, 2.24) is 14.9 Å². The molecule has 6 nitrogen and oxygen atoms in total. The van der Waals surface area contributed by atoms with Crippen LogP contribution in [0.4, 0.5) is 5.82 Å². The van der Waals surface area contributed by atoms with Crippen molar-refractivity contribution in [1.29, 1.82) is 0 Å². The standard InChI is InChI=1S/C22H30N4O2/c1-5-13-28-19-8-6-7-18(15-19)22(27)26-11-9-25(10-12-26)20-14-17(4)23-21(24-20)16(2)3/h6-8,14-16H,5,9-13H2,1-4H3. The third-order valence-corrected chi connectivity index (χ3v) is 4.82. The molecule has 1 saturated heterocycles. The van der Waals surface area contributed by atoms with E-state index in [1.807, 2.05) is 42.2 Å². The van der Waals surface area contributed by atoms with Crippen molar-refractivity contribution >= 4 is 11.7 Å². The van der Waals surface area contributed by atoms with Gasteiger partial charge in [0.2, 0.25) is 0 Å². The lowest BCUT2D eigenvalue weighted by atomic mass is 10.1. The van der Waals surface area contributed by atoms with Crippen LogP contribution in [-0.4, -0.2) is 53.6 Å². The molecule has 1 aliphatic rings. The van der Waals surface area contributed by atoms with Crippen molar-refractivity contribution in [3.05, 3.63) is 47.4 Å². The highest BCUT2D eigenvalue weighted by molar-refractivity contribution is 5.94. The lowest BCUT2D eigenvalue weighted by Gasteiger charge is -2.35. The van der Waals surface area contributed by atoms with Crippen LogP contribution in [0.25, 0.3) is 0 Å². The third-order valence-electron chi connectivity index (χ3n) is 4.82. The van der Waals surface area contributed by atoms with Crippen LogP contribution in [0.3, 0.4) is 0 Å². The summed E-state index contributed by atoms with van der Waals surface area (Å²) in [5, 5.41) is 0. The van der Waals surface area contributed by atoms with Crippen molar-refractivity contribution < 1.29 is 9.53 Å². The molecule has 1 aromatic heterocycles. The van der Waals surface area contributed by atoms with E-state index < -0.39 is 0 Å². The van der Waals surface area contributed by atoms with Gasteiger partial charge in [-0.1, -0.05) is 26.8 Å². The molecule has 0 atom stereocenters. The zero-order chi connectivity index (χ0) is 20.1. The SMILES string of the molecule is CCCOc1cccc(C(=O)N2CCN(c3cc(C)nc(C(C)C)n3)CC2)c1. The van der Waals surface area contributed by atoms with E-state index in [0.29, 0.717) is 31.2 Å². The number of carbonyl (C=O) groups is 1. The van der Waals surface area contributed by atoms with Crippen molar-refractivity contribution in [2.45, 2.75) is 40.0 Å². The molecule has 1 amide bonds. The van der Waals surface area contributed by atoms with Gasteiger partial charge in [0.1, 0.15) is 17.4 Å². The van der Waals surface area contributed by atoms with Crippen molar-refractivity contribution in [2.75, 3.05) is 37.7 Å². The minimum absolute atomic E-state index is 0.0586. The molecule has 2 aromatic rings. The number of piperazine rings is 1. The normalized spacial score (nSPS) is 14.5. The van der Waals surface area contributed by atoms with Gasteiger partial charge in [-0.05, 0) is 31.5 Å². The Bertz CT molecular complexity index is 814. The van der Waals surface area contributed by atoms with Crippen LogP contribution in [0.1, 0.15) is 55.0 Å². The summed E-state index contributed by atoms with van der Waals surface area (Å²) in [6, 6.07) is 9.50. The number of benzene rings is 1. The molecule has 6 heteroatoms. The predicted molar refractivity (Wildman–Crippen MR) is 111 cm³/mol. The van der Waals surface area contributed by atoms with Crippen LogP contribution >= 0.6 is 0 Å². The lowest BCUT2D eigenvalue weighted by molar-refractivity contribution is 0.0746. The predicted octanol–water partition coefficient (Wildman–Crippen LogP) is 3.66. The molecule has 150 valence electrons. The maximum atomic E-state index is 12.9. The average Bonchev–Trinajstić information content (AvgIpc) is 2.71. The van der Waals surface area contributed by atoms with E-state index >= 15 is 0 Å². The van der Waals surface area contributed by atoms with Gasteiger partial charge in [-0.2, -0.15) is 0 Å². The number of anilines is 1. The number of aryl methyl sites for hydroxylation is 1. The highest BCUT2D eigenvalue weighted by Crippen LogP contribution is 2.20. The fourth-order valence-electron chi connectivity index (χ4n) is 3.25. The summed E-state index contributed by atoms with van der Waals surface area (Å²) in [5.41, 5.74) is 1.66. The Morgan fingerprint density at radius 2 is 1.89 bits per heavy atom. The first kappa shape index (κ1) is 20.1. The molecule has 1 aromatic carbocycles. The number of ether oxygens (including phenoxy) is 1. The number of nitrogens with zero attached hydrogens (tertiary/aromatic N) is 4. The van der Waals surface area contributed by atoms with E-state index in [-0.39, 0.29) is 5.91 Å². The summed E-state index contributed by atoms with van der Waals surface area (Å²) in [6.07, 6.45) is 0.946. The van der Waals surface area contributed by atoms with Gasteiger partial charge in [0.25, 0.3) is 5.91 Å². The van der Waals surface area contributed by atoms with Crippen LogP contribution < -0.4 is 9.64 Å². The zero-order valence-corrected chi connectivity index (χ0v) is 17.3. The molecule has 0 aliphatic carbocycles. The molecule has 28 heavy (non-hydrogen) atoms. The Balaban J connectivity index is 1.65. The number of hydrogen-bond donors (Lipinski definition) is 0. The van der Waals surface area contributed by atoms with E-state index in [4.69, 9.17) is 9.72 Å². The molecule has 0 radical (unpaired) electrons. The Hall–Kier alpha value is -2.63. The van der Waals surface area contributed by atoms with Crippen molar-refractivity contribution in [3.63, 3.8) is 0 Å². The van der Waals surface area contributed by atoms with Crippen LogP contribution in [-0.2, 0) is 0 Å². The molecule has 3 rings (SSSR count). The minimum atomic E-state index is 0.0586. The maximum absolute atomic E-state index is 12.9. The minimum Gasteiger partial charge on any atom is -0.494 e. The Kier molecular flexibility index (Phi) is 6.49. The number of hydrogen-bond acceptors (Lipinski definition) is 5. The van der Waals surface area contributed by atoms with Gasteiger partial charge in [0, 0.05) is 49.4 Å². The molecule has 0 spiro atoms. The van der Waals surface area contributed by atoms with Crippen LogP contribution in [0.15, 0.2) is 30.3 Å². The highest BCUT2D eigenvalue weighted by Gasteiger charge is 2.24. The Morgan fingerprint density at radius 1 is 1.14 bits per heavy atom. The largest absolute Gasteiger partial charge is 0.494 e. The van der Waals surface area contributed by atoms with E-state index in [0.717, 1.165) is 42.6 Å². The summed E-state index contributed by atoms with van der Waals surface area (Å²) < 4.78 is 5.66. The Morgan fingerprint density at radius 3 is 2.57 bits per heavy atom. The molecule has 2 heterocycles. The van der Waals surface area contributed by atoms with Crippen LogP contribution in [0.2, 0.25) is 0 Å². The van der Waals surface area contributed by atoms with E-state index in [2.05, 4.69) is 30.7 Å². The number of amides is 1. The summed E-state index contributed by atoms with van der Waals surface area (Å²) in [5.74, 6) is 2.94. The van der Waals surface area contributed by atoms with Crippen molar-refractivity contribution in [2.24, 2.45) is 0 Å². The fourth-order valence-corrected chi connectivity index (χ4v) is 3.25. The van der Waals surface area contributed by atoms with Gasteiger partial charge >= 0.3 is 0 Å². The second-order valence-electron chi connectivity index (χ2n) is 7.54. The summed E-state index contributed by atoms with van der Waals surface area (Å²) in [7, 11) is 0. The average molecular weight is 383 g/mol. The first-order valence-electron chi connectivity index (χ1n) is 10.1. The fraction of sp³-hybridized carbons (Fsp3) is 0.500. The van der Waals surface area contributed by atoms with Gasteiger partial charge in [-0.3, -0.25) is 4.79 Å². The molecule has 1 fully saturated rings. The van der Waals surface area contributed by atoms with Gasteiger partial charge in [0.05, 0.1) is 6.61 Å². The number of carbonyl (C=O) groups excluding carboxylic acids is 1. The summed E-state index contributed by atoms with van der Waals surface area (Å²) in [6.45, 7) is 11.8. The molecule has 0 saturated carbocycles. The number of aromatic nitrogens is 2. The monoisotopic (exact) mass is 382 g/mol. The third kappa shape index (κ3) is 4.80. The van der Waals surface area contributed by atoms with Crippen LogP contribution in [0, 0.1) is 6.92 Å². The highest BCUT2D eigenvalue weighted by atomic mass is 16.5.